The van der Waals surface area contributed by atoms with Gasteiger partial charge in [0.1, 0.15) is 11.4 Å². The summed E-state index contributed by atoms with van der Waals surface area (Å²) in [6, 6.07) is 7.63. The number of hydrogen-bond donors (Lipinski definition) is 2. The number of aromatic nitrogens is 3. The van der Waals surface area contributed by atoms with Crippen molar-refractivity contribution in [1.82, 2.24) is 20.1 Å². The number of hydrogen-bond acceptors (Lipinski definition) is 5. The Bertz CT molecular complexity index is 687. The molecule has 3 heterocycles. The Kier molecular flexibility index (Phi) is 4.80. The zero-order valence-electron chi connectivity index (χ0n) is 13.9. The van der Waals surface area contributed by atoms with Crippen LogP contribution in [0, 0.1) is 6.92 Å². The van der Waals surface area contributed by atoms with Gasteiger partial charge in [-0.15, -0.1) is 0 Å². The number of nitrogens with one attached hydrogen (secondary N) is 1. The number of rotatable bonds is 6. The SMILES string of the molecule is Cc1ccnn1CCC(=O)NCC1(O)CCN(c2ccccn2)C1. The lowest BCUT2D eigenvalue weighted by Gasteiger charge is -2.24. The van der Waals surface area contributed by atoms with Gasteiger partial charge >= 0.3 is 0 Å². The summed E-state index contributed by atoms with van der Waals surface area (Å²) in [4.78, 5) is 18.4. The van der Waals surface area contributed by atoms with E-state index in [1.54, 1.807) is 17.1 Å². The Hall–Kier alpha value is -2.41. The molecule has 3 rings (SSSR count). The van der Waals surface area contributed by atoms with Gasteiger partial charge in [-0.2, -0.15) is 5.10 Å². The summed E-state index contributed by atoms with van der Waals surface area (Å²) in [7, 11) is 0. The Morgan fingerprint density at radius 2 is 2.25 bits per heavy atom. The molecule has 1 amide bonds. The van der Waals surface area contributed by atoms with E-state index in [1.165, 1.54) is 0 Å². The van der Waals surface area contributed by atoms with Crippen LogP contribution in [0.5, 0.6) is 0 Å². The standard InChI is InChI=1S/C17H23N5O2/c1-14-5-9-20-22(14)10-6-16(23)19-12-17(24)7-11-21(13-17)15-4-2-3-8-18-15/h2-5,8-9,24H,6-7,10-13H2,1H3,(H,19,23). The second-order valence-corrected chi connectivity index (χ2v) is 6.31. The first-order valence-corrected chi connectivity index (χ1v) is 8.19. The molecule has 0 aromatic carbocycles. The predicted molar refractivity (Wildman–Crippen MR) is 90.6 cm³/mol. The van der Waals surface area contributed by atoms with Crippen LogP contribution in [0.4, 0.5) is 5.82 Å². The normalized spacial score (nSPS) is 20.3. The highest BCUT2D eigenvalue weighted by atomic mass is 16.3. The third-order valence-corrected chi connectivity index (χ3v) is 4.40. The minimum absolute atomic E-state index is 0.0744. The number of anilines is 1. The van der Waals surface area contributed by atoms with E-state index < -0.39 is 5.60 Å². The molecular weight excluding hydrogens is 306 g/mol. The van der Waals surface area contributed by atoms with Gasteiger partial charge in [0.15, 0.2) is 0 Å². The highest BCUT2D eigenvalue weighted by Crippen LogP contribution is 2.24. The molecule has 1 unspecified atom stereocenters. The lowest BCUT2D eigenvalue weighted by molar-refractivity contribution is -0.122. The first-order chi connectivity index (χ1) is 11.6. The van der Waals surface area contributed by atoms with Gasteiger partial charge in [-0.1, -0.05) is 6.07 Å². The lowest BCUT2D eigenvalue weighted by Crippen LogP contribution is -2.45. The number of pyridine rings is 1. The lowest BCUT2D eigenvalue weighted by atomic mass is 10.0. The largest absolute Gasteiger partial charge is 0.386 e. The van der Waals surface area contributed by atoms with Crippen molar-refractivity contribution in [2.24, 2.45) is 0 Å². The number of nitrogens with zero attached hydrogens (tertiary/aromatic N) is 4. The summed E-state index contributed by atoms with van der Waals surface area (Å²) in [5.41, 5.74) is 0.123. The summed E-state index contributed by atoms with van der Waals surface area (Å²) < 4.78 is 1.80. The molecule has 7 heteroatoms. The van der Waals surface area contributed by atoms with Gasteiger partial charge in [-0.05, 0) is 31.5 Å². The average molecular weight is 329 g/mol. The fourth-order valence-corrected chi connectivity index (χ4v) is 2.93. The number of amides is 1. The van der Waals surface area contributed by atoms with Crippen molar-refractivity contribution in [2.75, 3.05) is 24.5 Å². The van der Waals surface area contributed by atoms with Gasteiger partial charge in [0.05, 0.1) is 0 Å². The number of carbonyl (C=O) groups is 1. The Balaban J connectivity index is 1.46. The maximum atomic E-state index is 12.0. The third kappa shape index (κ3) is 3.91. The molecule has 0 bridgehead atoms. The Morgan fingerprint density at radius 1 is 1.38 bits per heavy atom. The second-order valence-electron chi connectivity index (χ2n) is 6.31. The highest BCUT2D eigenvalue weighted by molar-refractivity contribution is 5.75. The third-order valence-electron chi connectivity index (χ3n) is 4.40. The van der Waals surface area contributed by atoms with Gasteiger partial charge in [-0.25, -0.2) is 4.98 Å². The predicted octanol–water partition coefficient (Wildman–Crippen LogP) is 0.734. The summed E-state index contributed by atoms with van der Waals surface area (Å²) >= 11 is 0. The molecule has 2 aromatic heterocycles. The van der Waals surface area contributed by atoms with E-state index in [0.29, 0.717) is 25.9 Å². The summed E-state index contributed by atoms with van der Waals surface area (Å²) in [5.74, 6) is 0.781. The average Bonchev–Trinajstić information content (AvgIpc) is 3.18. The first-order valence-electron chi connectivity index (χ1n) is 8.19. The van der Waals surface area contributed by atoms with Gasteiger partial charge in [0.25, 0.3) is 0 Å². The van der Waals surface area contributed by atoms with Crippen molar-refractivity contribution in [3.63, 3.8) is 0 Å². The smallest absolute Gasteiger partial charge is 0.221 e. The Morgan fingerprint density at radius 3 is 2.96 bits per heavy atom. The van der Waals surface area contributed by atoms with Crippen LogP contribution < -0.4 is 10.2 Å². The van der Waals surface area contributed by atoms with Crippen LogP contribution in [0.3, 0.4) is 0 Å². The number of carbonyl (C=O) groups excluding carboxylic acids is 1. The van der Waals surface area contributed by atoms with Crippen LogP contribution in [0.25, 0.3) is 0 Å². The van der Waals surface area contributed by atoms with Crippen molar-refractivity contribution in [3.8, 4) is 0 Å². The molecule has 1 saturated heterocycles. The molecule has 1 aliphatic rings. The van der Waals surface area contributed by atoms with Crippen molar-refractivity contribution < 1.29 is 9.90 Å². The molecule has 2 N–H and O–H groups in total. The van der Waals surface area contributed by atoms with Crippen LogP contribution in [-0.2, 0) is 11.3 Å². The van der Waals surface area contributed by atoms with Crippen LogP contribution in [0.15, 0.2) is 36.7 Å². The quantitative estimate of drug-likeness (QED) is 0.816. The molecule has 0 saturated carbocycles. The first kappa shape index (κ1) is 16.4. The van der Waals surface area contributed by atoms with Crippen LogP contribution in [0.2, 0.25) is 0 Å². The number of aliphatic hydroxyl groups is 1. The van der Waals surface area contributed by atoms with Crippen LogP contribution in [-0.4, -0.2) is 51.0 Å². The summed E-state index contributed by atoms with van der Waals surface area (Å²) in [6.07, 6.45) is 4.43. The minimum Gasteiger partial charge on any atom is -0.386 e. The van der Waals surface area contributed by atoms with E-state index in [9.17, 15) is 9.90 Å². The van der Waals surface area contributed by atoms with E-state index in [2.05, 4.69) is 15.4 Å². The molecule has 0 spiro atoms. The number of aryl methyl sites for hydroxylation is 2. The molecule has 128 valence electrons. The maximum absolute atomic E-state index is 12.0. The summed E-state index contributed by atoms with van der Waals surface area (Å²) in [6.45, 7) is 3.97. The molecule has 1 atom stereocenters. The fourth-order valence-electron chi connectivity index (χ4n) is 2.93. The topological polar surface area (TPSA) is 83.3 Å². The van der Waals surface area contributed by atoms with E-state index in [0.717, 1.165) is 18.1 Å². The molecule has 24 heavy (non-hydrogen) atoms. The van der Waals surface area contributed by atoms with Crippen molar-refractivity contribution in [3.05, 3.63) is 42.4 Å². The van der Waals surface area contributed by atoms with Gasteiger partial charge in [-0.3, -0.25) is 9.48 Å². The summed E-state index contributed by atoms with van der Waals surface area (Å²) in [5, 5.41) is 17.7. The van der Waals surface area contributed by atoms with Gasteiger partial charge in [0.2, 0.25) is 5.91 Å². The molecule has 1 fully saturated rings. The van der Waals surface area contributed by atoms with E-state index >= 15 is 0 Å². The zero-order chi connectivity index (χ0) is 17.0. The maximum Gasteiger partial charge on any atom is 0.221 e. The van der Waals surface area contributed by atoms with E-state index in [-0.39, 0.29) is 12.5 Å². The minimum atomic E-state index is -0.908. The molecule has 0 aliphatic carbocycles. The second kappa shape index (κ2) is 7.00. The Labute approximate surface area is 141 Å². The molecule has 2 aromatic rings. The van der Waals surface area contributed by atoms with Crippen molar-refractivity contribution in [2.45, 2.75) is 31.9 Å². The molecular formula is C17H23N5O2. The molecule has 7 nitrogen and oxygen atoms in total. The van der Waals surface area contributed by atoms with E-state index in [4.69, 9.17) is 0 Å². The van der Waals surface area contributed by atoms with Crippen LogP contribution >= 0.6 is 0 Å². The molecule has 0 radical (unpaired) electrons. The van der Waals surface area contributed by atoms with Crippen molar-refractivity contribution >= 4 is 11.7 Å². The zero-order valence-corrected chi connectivity index (χ0v) is 13.9. The van der Waals surface area contributed by atoms with Gasteiger partial charge in [0, 0.05) is 50.7 Å². The molecule has 1 aliphatic heterocycles. The monoisotopic (exact) mass is 329 g/mol. The van der Waals surface area contributed by atoms with Crippen molar-refractivity contribution in [1.29, 1.82) is 0 Å². The highest BCUT2D eigenvalue weighted by Gasteiger charge is 2.36. The number of β-amino-alcohol motifs (C(OH)–C–C–N with tert-alkyl or cyclic N) is 1. The van der Waals surface area contributed by atoms with Crippen LogP contribution in [0.1, 0.15) is 18.5 Å². The fraction of sp³-hybridized carbons (Fsp3) is 0.471. The van der Waals surface area contributed by atoms with E-state index in [1.807, 2.05) is 36.1 Å². The van der Waals surface area contributed by atoms with Gasteiger partial charge < -0.3 is 15.3 Å².